The highest BCUT2D eigenvalue weighted by molar-refractivity contribution is 7.10. The zero-order valence-corrected chi connectivity index (χ0v) is 82.7. The number of carbonyl (C=O) groups excluding carboxylic acids is 12. The lowest BCUT2D eigenvalue weighted by atomic mass is 9.81. The normalized spacial score (nSPS) is 17.0. The molecule has 720 valence electrons. The predicted molar refractivity (Wildman–Crippen MR) is 530 cm³/mol. The summed E-state index contributed by atoms with van der Waals surface area (Å²) in [6.07, 6.45) is 8.81. The molecular formula is C109H110N6O20S4. The summed E-state index contributed by atoms with van der Waals surface area (Å²) in [4.78, 5) is 171. The van der Waals surface area contributed by atoms with Gasteiger partial charge in [0.05, 0.1) is 40.3 Å². The monoisotopic (exact) mass is 1950 g/mol. The Bertz CT molecular complexity index is 6730. The molecule has 26 nitrogen and oxygen atoms in total. The summed E-state index contributed by atoms with van der Waals surface area (Å²) in [5.74, 6) is 0.524. The molecular weight excluding hydrogens is 1840 g/mol. The van der Waals surface area contributed by atoms with Crippen molar-refractivity contribution >= 4 is 116 Å². The molecule has 14 aromatic rings. The number of furan rings is 1. The third kappa shape index (κ3) is 22.3. The number of Topliss-reactive ketones (excluding diaryl/α,β-unsaturated/α-hetero) is 6. The number of aryl methyl sites for hydroxylation is 1. The topological polar surface area (TPSA) is 377 Å². The first-order valence-corrected chi connectivity index (χ1v) is 49.9. The molecule has 0 radical (unpaired) electrons. The van der Waals surface area contributed by atoms with Crippen LogP contribution in [0.15, 0.2) is 172 Å². The molecule has 0 spiro atoms. The van der Waals surface area contributed by atoms with Crippen LogP contribution in [0.2, 0.25) is 0 Å². The highest BCUT2D eigenvalue weighted by atomic mass is 32.1. The zero-order valence-electron chi connectivity index (χ0n) is 79.4. The van der Waals surface area contributed by atoms with Gasteiger partial charge in [-0.1, -0.05) is 96.6 Å². The Hall–Kier alpha value is -13.9. The number of aromatic nitrogens is 6. The van der Waals surface area contributed by atoms with E-state index in [1.807, 2.05) is 164 Å². The second kappa shape index (κ2) is 44.7. The Morgan fingerprint density at radius 1 is 0.317 bits per heavy atom. The van der Waals surface area contributed by atoms with E-state index in [-0.39, 0.29) is 89.4 Å². The lowest BCUT2D eigenvalue weighted by Crippen LogP contribution is -2.18. The fourth-order valence-electron chi connectivity index (χ4n) is 19.4. The van der Waals surface area contributed by atoms with Crippen molar-refractivity contribution in [2.24, 2.45) is 0 Å². The average Bonchev–Trinajstić information content (AvgIpc) is 1.65. The van der Waals surface area contributed by atoms with E-state index >= 15 is 0 Å². The molecule has 0 bridgehead atoms. The summed E-state index contributed by atoms with van der Waals surface area (Å²) in [5, 5.41) is 8.11. The van der Waals surface area contributed by atoms with Gasteiger partial charge in [0.2, 0.25) is 0 Å². The zero-order chi connectivity index (χ0) is 98.6. The van der Waals surface area contributed by atoms with Crippen LogP contribution in [-0.2, 0) is 80.2 Å². The van der Waals surface area contributed by atoms with E-state index in [9.17, 15) is 57.5 Å². The van der Waals surface area contributed by atoms with Crippen LogP contribution in [0.5, 0.6) is 5.75 Å². The van der Waals surface area contributed by atoms with Gasteiger partial charge in [-0.3, -0.25) is 28.8 Å². The van der Waals surface area contributed by atoms with Crippen LogP contribution in [0.1, 0.15) is 335 Å². The molecule has 0 amide bonds. The number of hydrogen-bond acceptors (Lipinski definition) is 24. The summed E-state index contributed by atoms with van der Waals surface area (Å²) in [6.45, 7) is 19.5. The predicted octanol–water partition coefficient (Wildman–Crippen LogP) is 22.6. The molecule has 3 aromatic carbocycles. The van der Waals surface area contributed by atoms with Gasteiger partial charge in [-0.25, -0.2) is 28.8 Å². The van der Waals surface area contributed by atoms with Gasteiger partial charge in [-0.2, -0.15) is 0 Å². The number of hydrogen-bond donors (Lipinski definition) is 6. The van der Waals surface area contributed by atoms with Crippen molar-refractivity contribution in [1.82, 2.24) is 29.9 Å². The number of methoxy groups -OCH3 is 2. The first-order chi connectivity index (χ1) is 67.0. The van der Waals surface area contributed by atoms with Crippen LogP contribution in [0.25, 0.3) is 0 Å². The molecule has 11 aromatic heterocycles. The van der Waals surface area contributed by atoms with E-state index in [4.69, 9.17) is 37.6 Å². The van der Waals surface area contributed by atoms with Gasteiger partial charge in [0, 0.05) is 155 Å². The number of ketones is 6. The standard InChI is InChI=1S/C22H21NO3S.C21H19NO3S.C19H21NO4.C16H17NO4.C16H17NO3S.C15H15NO3S/c1-13-5-7-15(8-6-13)12-26-22(25)21-14(2)20-17(23-21)10-16(11-18(20)24)19-4-3-9-27-19;1-13-19-16(10-15(11-17(19)23)18-8-5-9-26-18)22-20(13)21(24)25-12-14-6-3-2-4-7-14;1-4-24-19(22)18-11(2)17-15(20-18)9-13(10-16(17)21)12-6-5-7-14(8-12)23-3;2*1-3-20-16(19)15-9(2)14-11(17-15)7-10(8-12(14)18)13-5-4-6-21-13;1-8-13-10(16-14(8)15(18)19-2)6-9(7-11(13)17)12-4-3-5-20-12/h3-9,16,23H,10-12H2,1-2H3;2-9,15,22H,10-12H2,1H3;5-8,13,20H,4,9-10H2,1-3H3;2*4-6,10,17H,3,7-8H2,1-2H3;3-5,9,16H,6-7H2,1-2H3. The lowest BCUT2D eigenvalue weighted by molar-refractivity contribution is 0.0457. The Kier molecular flexibility index (Phi) is 32.0. The maximum Gasteiger partial charge on any atom is 0.355 e. The number of benzene rings is 3. The number of H-pyrrole nitrogens is 6. The third-order valence-electron chi connectivity index (χ3n) is 26.2. The Morgan fingerprint density at radius 3 is 0.921 bits per heavy atom. The summed E-state index contributed by atoms with van der Waals surface area (Å²) in [5.41, 5.74) is 19.7. The number of carbonyl (C=O) groups is 12. The second-order valence-electron chi connectivity index (χ2n) is 35.2. The maximum atomic E-state index is 12.7. The van der Waals surface area contributed by atoms with Crippen molar-refractivity contribution in [3.8, 4) is 5.75 Å². The van der Waals surface area contributed by atoms with Crippen LogP contribution in [0.4, 0.5) is 0 Å². The van der Waals surface area contributed by atoms with E-state index in [1.165, 1.54) is 26.6 Å². The summed E-state index contributed by atoms with van der Waals surface area (Å²) in [6, 6.07) is 45.2. The SMILES string of the molecule is CCOC(=O)c1[nH]c2c(c1C)C(=O)CC(c1cccc(OC)c1)C2.CCOC(=O)c1[nH]c2c(c1C)C(=O)CC(c1ccco1)C2.CCOC(=O)c1[nH]c2c(c1C)C(=O)CC(c1cccs1)C2.COC(=O)c1[nH]c2c(c1C)C(=O)CC(c1cccs1)C2.Cc1c(C(=O)OCc2ccccc2)[nH]c2c1C(=O)CC(c1cccs1)C2.Cc1ccc(COC(=O)c2[nH]c3c(c2C)C(=O)CC(c2cccs2)C3)cc1. The minimum Gasteiger partial charge on any atom is -0.497 e. The van der Waals surface area contributed by atoms with E-state index in [1.54, 1.807) is 100 Å². The molecule has 30 heteroatoms. The van der Waals surface area contributed by atoms with Crippen LogP contribution in [-0.4, -0.2) is 134 Å². The minimum atomic E-state index is -0.419. The molecule has 139 heavy (non-hydrogen) atoms. The van der Waals surface area contributed by atoms with E-state index in [2.05, 4.69) is 54.2 Å². The van der Waals surface area contributed by atoms with E-state index in [0.717, 1.165) is 99.2 Å². The van der Waals surface area contributed by atoms with E-state index < -0.39 is 29.8 Å². The largest absolute Gasteiger partial charge is 0.497 e. The summed E-state index contributed by atoms with van der Waals surface area (Å²) >= 11 is 6.69. The van der Waals surface area contributed by atoms with Crippen molar-refractivity contribution in [2.75, 3.05) is 34.0 Å². The highest BCUT2D eigenvalue weighted by Crippen LogP contribution is 2.44. The summed E-state index contributed by atoms with van der Waals surface area (Å²) < 4.78 is 41.4. The van der Waals surface area contributed by atoms with E-state index in [0.29, 0.717) is 167 Å². The quantitative estimate of drug-likeness (QED) is 0.0305. The smallest absolute Gasteiger partial charge is 0.355 e. The van der Waals surface area contributed by atoms with Gasteiger partial charge in [-0.15, -0.1) is 45.3 Å². The van der Waals surface area contributed by atoms with Crippen LogP contribution >= 0.6 is 45.3 Å². The first-order valence-electron chi connectivity index (χ1n) is 46.4. The molecule has 0 saturated heterocycles. The number of ether oxygens (including phenoxy) is 7. The molecule has 11 heterocycles. The van der Waals surface area contributed by atoms with Crippen LogP contribution < -0.4 is 4.74 Å². The molecule has 0 saturated carbocycles. The minimum absolute atomic E-state index is 0.0214. The molecule has 6 aliphatic rings. The van der Waals surface area contributed by atoms with Gasteiger partial charge in [0.25, 0.3) is 0 Å². The molecule has 6 atom stereocenters. The number of rotatable bonds is 20. The molecule has 6 N–H and O–H groups in total. The fourth-order valence-corrected chi connectivity index (χ4v) is 22.7. The Balaban J connectivity index is 0.000000127. The number of aromatic amines is 6. The number of nitrogens with one attached hydrogen (secondary N) is 6. The second-order valence-corrected chi connectivity index (χ2v) is 39.1. The maximum absolute atomic E-state index is 12.7. The van der Waals surface area contributed by atoms with Gasteiger partial charge in [0.15, 0.2) is 34.7 Å². The average molecular weight is 1950 g/mol. The van der Waals surface area contributed by atoms with Crippen LogP contribution in [0.3, 0.4) is 0 Å². The van der Waals surface area contributed by atoms with Crippen molar-refractivity contribution in [3.05, 3.63) is 350 Å². The van der Waals surface area contributed by atoms with Gasteiger partial charge < -0.3 is 67.5 Å². The highest BCUT2D eigenvalue weighted by Gasteiger charge is 2.40. The Labute approximate surface area is 820 Å². The summed E-state index contributed by atoms with van der Waals surface area (Å²) in [7, 11) is 2.97. The Morgan fingerprint density at radius 2 is 0.619 bits per heavy atom. The number of fused-ring (bicyclic) bond motifs is 6. The molecule has 20 rings (SSSR count). The lowest BCUT2D eigenvalue weighted by Gasteiger charge is -2.22. The van der Waals surface area contributed by atoms with Gasteiger partial charge >= 0.3 is 35.8 Å². The van der Waals surface area contributed by atoms with Gasteiger partial charge in [-0.05, 0) is 234 Å². The molecule has 6 aliphatic carbocycles. The van der Waals surface area contributed by atoms with Crippen molar-refractivity contribution in [1.29, 1.82) is 0 Å². The molecule has 6 unspecified atom stereocenters. The number of thiophene rings is 4. The van der Waals surface area contributed by atoms with Crippen molar-refractivity contribution in [3.63, 3.8) is 0 Å². The van der Waals surface area contributed by atoms with Crippen LogP contribution in [0, 0.1) is 48.5 Å². The molecule has 0 aliphatic heterocycles. The third-order valence-corrected chi connectivity index (χ3v) is 30.3. The molecule has 0 fully saturated rings. The van der Waals surface area contributed by atoms with Crippen molar-refractivity contribution < 1.29 is 95.1 Å². The number of esters is 6. The van der Waals surface area contributed by atoms with Crippen molar-refractivity contribution in [2.45, 2.75) is 195 Å². The fraction of sp³-hybridized carbons (Fsp3) is 0.321. The first kappa shape index (κ1) is 99.5. The van der Waals surface area contributed by atoms with Gasteiger partial charge in [0.1, 0.15) is 58.9 Å².